The molecule has 1 fully saturated rings. The van der Waals surface area contributed by atoms with Gasteiger partial charge >= 0.3 is 0 Å². The Morgan fingerprint density at radius 2 is 1.59 bits per heavy atom. The smallest absolute Gasteiger partial charge is 0.146 e. The number of hydrogen-bond donors (Lipinski definition) is 1. The number of para-hydroxylation sites is 1. The van der Waals surface area contributed by atoms with Gasteiger partial charge in [-0.25, -0.2) is 14.4 Å². The summed E-state index contributed by atoms with van der Waals surface area (Å²) in [6.07, 6.45) is 0. The van der Waals surface area contributed by atoms with Crippen LogP contribution in [0, 0.1) is 26.6 Å². The third-order valence-corrected chi connectivity index (χ3v) is 5.49. The van der Waals surface area contributed by atoms with Crippen LogP contribution in [0.3, 0.4) is 0 Å². The number of benzene rings is 2. The van der Waals surface area contributed by atoms with Crippen molar-refractivity contribution in [3.63, 3.8) is 0 Å². The van der Waals surface area contributed by atoms with E-state index in [1.54, 1.807) is 6.07 Å². The highest BCUT2D eigenvalue weighted by atomic mass is 19.1. The summed E-state index contributed by atoms with van der Waals surface area (Å²) >= 11 is 0. The topological polar surface area (TPSA) is 44.3 Å². The van der Waals surface area contributed by atoms with Gasteiger partial charge in [0, 0.05) is 37.9 Å². The van der Waals surface area contributed by atoms with Crippen LogP contribution < -0.4 is 15.1 Å². The third kappa shape index (κ3) is 4.16. The van der Waals surface area contributed by atoms with Crippen molar-refractivity contribution in [2.75, 3.05) is 41.3 Å². The molecule has 0 atom stereocenters. The lowest BCUT2D eigenvalue weighted by Crippen LogP contribution is -2.47. The zero-order valence-electron chi connectivity index (χ0n) is 17.1. The van der Waals surface area contributed by atoms with E-state index in [9.17, 15) is 4.39 Å². The van der Waals surface area contributed by atoms with Crippen LogP contribution in [0.2, 0.25) is 0 Å². The molecule has 0 amide bonds. The molecule has 1 aliphatic rings. The Morgan fingerprint density at radius 3 is 2.34 bits per heavy atom. The van der Waals surface area contributed by atoms with Gasteiger partial charge in [-0.15, -0.1) is 0 Å². The largest absolute Gasteiger partial charge is 0.366 e. The van der Waals surface area contributed by atoms with E-state index >= 15 is 0 Å². The Kier molecular flexibility index (Phi) is 5.34. The maximum atomic E-state index is 14.1. The van der Waals surface area contributed by atoms with Crippen molar-refractivity contribution in [3.05, 3.63) is 71.3 Å². The molecule has 4 rings (SSSR count). The first-order valence-electron chi connectivity index (χ1n) is 9.94. The summed E-state index contributed by atoms with van der Waals surface area (Å²) in [6, 6.07) is 15.2. The second kappa shape index (κ2) is 8.07. The van der Waals surface area contributed by atoms with Crippen molar-refractivity contribution in [1.29, 1.82) is 0 Å². The second-order valence-corrected chi connectivity index (χ2v) is 7.46. The number of rotatable bonds is 4. The Labute approximate surface area is 171 Å². The van der Waals surface area contributed by atoms with E-state index in [1.165, 1.54) is 17.2 Å². The molecule has 6 heteroatoms. The molecule has 2 aromatic carbocycles. The van der Waals surface area contributed by atoms with Crippen molar-refractivity contribution in [2.24, 2.45) is 0 Å². The molecule has 0 unspecified atom stereocenters. The summed E-state index contributed by atoms with van der Waals surface area (Å²) in [7, 11) is 0. The Morgan fingerprint density at radius 1 is 0.862 bits per heavy atom. The predicted octanol–water partition coefficient (Wildman–Crippen LogP) is 4.61. The second-order valence-electron chi connectivity index (χ2n) is 7.46. The van der Waals surface area contributed by atoms with Gasteiger partial charge in [0.2, 0.25) is 0 Å². The first-order chi connectivity index (χ1) is 14.0. The summed E-state index contributed by atoms with van der Waals surface area (Å²) < 4.78 is 14.1. The number of nitrogens with one attached hydrogen (secondary N) is 1. The number of piperazine rings is 1. The van der Waals surface area contributed by atoms with E-state index in [-0.39, 0.29) is 5.82 Å². The quantitative estimate of drug-likeness (QED) is 0.704. The monoisotopic (exact) mass is 391 g/mol. The van der Waals surface area contributed by atoms with Crippen molar-refractivity contribution in [1.82, 2.24) is 9.97 Å². The molecule has 2 heterocycles. The van der Waals surface area contributed by atoms with Gasteiger partial charge in [0.15, 0.2) is 0 Å². The van der Waals surface area contributed by atoms with E-state index < -0.39 is 0 Å². The summed E-state index contributed by atoms with van der Waals surface area (Å²) in [5.74, 6) is 2.25. The highest BCUT2D eigenvalue weighted by molar-refractivity contribution is 5.64. The van der Waals surface area contributed by atoms with Crippen molar-refractivity contribution < 1.29 is 4.39 Å². The Hall–Kier alpha value is -3.15. The van der Waals surface area contributed by atoms with Gasteiger partial charge in [-0.2, -0.15) is 0 Å². The summed E-state index contributed by atoms with van der Waals surface area (Å²) in [5, 5.41) is 3.44. The Bertz CT molecular complexity index is 1010. The van der Waals surface area contributed by atoms with Gasteiger partial charge in [0.05, 0.1) is 5.69 Å². The minimum Gasteiger partial charge on any atom is -0.366 e. The highest BCUT2D eigenvalue weighted by Gasteiger charge is 2.21. The number of nitrogens with zero attached hydrogens (tertiary/aromatic N) is 4. The van der Waals surface area contributed by atoms with Crippen LogP contribution in [-0.4, -0.2) is 36.1 Å². The number of aryl methyl sites for hydroxylation is 2. The summed E-state index contributed by atoms with van der Waals surface area (Å²) in [5.41, 5.74) is 4.18. The minimum absolute atomic E-state index is 0.168. The molecular weight excluding hydrogens is 365 g/mol. The molecule has 5 nitrogen and oxygen atoms in total. The van der Waals surface area contributed by atoms with Crippen LogP contribution >= 0.6 is 0 Å². The lowest BCUT2D eigenvalue weighted by Gasteiger charge is -2.37. The minimum atomic E-state index is -0.168. The molecule has 1 aliphatic heterocycles. The summed E-state index contributed by atoms with van der Waals surface area (Å²) in [4.78, 5) is 13.5. The van der Waals surface area contributed by atoms with Crippen molar-refractivity contribution in [2.45, 2.75) is 20.8 Å². The van der Waals surface area contributed by atoms with E-state index in [0.29, 0.717) is 5.69 Å². The number of aromatic nitrogens is 2. The number of hydrogen-bond acceptors (Lipinski definition) is 5. The van der Waals surface area contributed by atoms with Crippen LogP contribution in [0.1, 0.15) is 17.0 Å². The maximum absolute atomic E-state index is 14.1. The number of anilines is 4. The maximum Gasteiger partial charge on any atom is 0.146 e. The lowest BCUT2D eigenvalue weighted by atomic mass is 10.1. The van der Waals surface area contributed by atoms with Crippen LogP contribution in [0.15, 0.2) is 48.5 Å². The fourth-order valence-electron chi connectivity index (χ4n) is 3.69. The molecule has 29 heavy (non-hydrogen) atoms. The normalized spacial score (nSPS) is 14.2. The number of halogens is 1. The molecule has 0 radical (unpaired) electrons. The average molecular weight is 391 g/mol. The van der Waals surface area contributed by atoms with Crippen LogP contribution in [0.4, 0.5) is 27.4 Å². The molecule has 1 saturated heterocycles. The molecule has 0 saturated carbocycles. The fraction of sp³-hybridized carbons (Fsp3) is 0.304. The first-order valence-corrected chi connectivity index (χ1v) is 9.94. The average Bonchev–Trinajstić information content (AvgIpc) is 2.72. The van der Waals surface area contributed by atoms with Gasteiger partial charge in [-0.1, -0.05) is 24.3 Å². The predicted molar refractivity (Wildman–Crippen MR) is 117 cm³/mol. The van der Waals surface area contributed by atoms with E-state index in [1.807, 2.05) is 31.2 Å². The van der Waals surface area contributed by atoms with E-state index in [4.69, 9.17) is 0 Å². The van der Waals surface area contributed by atoms with Gasteiger partial charge < -0.3 is 15.1 Å². The molecular formula is C23H26FN5. The van der Waals surface area contributed by atoms with Gasteiger partial charge in [0.25, 0.3) is 0 Å². The van der Waals surface area contributed by atoms with E-state index in [2.05, 4.69) is 51.1 Å². The van der Waals surface area contributed by atoms with Crippen molar-refractivity contribution >= 4 is 23.0 Å². The molecule has 0 spiro atoms. The zero-order chi connectivity index (χ0) is 20.4. The van der Waals surface area contributed by atoms with Crippen molar-refractivity contribution in [3.8, 4) is 0 Å². The molecule has 0 aliphatic carbocycles. The first kappa shape index (κ1) is 19.2. The van der Waals surface area contributed by atoms with Gasteiger partial charge in [-0.3, -0.25) is 0 Å². The molecule has 1 N–H and O–H groups in total. The molecule has 0 bridgehead atoms. The zero-order valence-corrected chi connectivity index (χ0v) is 17.1. The fourth-order valence-corrected chi connectivity index (χ4v) is 3.69. The third-order valence-electron chi connectivity index (χ3n) is 5.49. The molecule has 150 valence electrons. The van der Waals surface area contributed by atoms with Gasteiger partial charge in [0.1, 0.15) is 23.3 Å². The van der Waals surface area contributed by atoms with Gasteiger partial charge in [-0.05, 0) is 50.1 Å². The van der Waals surface area contributed by atoms with Crippen LogP contribution in [-0.2, 0) is 0 Å². The van der Waals surface area contributed by atoms with Crippen LogP contribution in [0.5, 0.6) is 0 Å². The lowest BCUT2D eigenvalue weighted by molar-refractivity contribution is 0.596. The molecule has 1 aromatic heterocycles. The van der Waals surface area contributed by atoms with E-state index in [0.717, 1.165) is 49.3 Å². The molecule has 3 aromatic rings. The Balaban J connectivity index is 1.50. The SMILES string of the molecule is Cc1nc(Nc2cccc(C)c2C)cc(N2CCN(c3ccccc3F)CC2)n1. The van der Waals surface area contributed by atoms with Crippen LogP contribution in [0.25, 0.3) is 0 Å². The highest BCUT2D eigenvalue weighted by Crippen LogP contribution is 2.26. The summed E-state index contributed by atoms with van der Waals surface area (Å²) in [6.45, 7) is 9.20. The standard InChI is InChI=1S/C23H26FN5/c1-16-7-6-9-20(17(16)2)27-22-15-23(26-18(3)25-22)29-13-11-28(12-14-29)21-10-5-4-8-19(21)24/h4-10,15H,11-14H2,1-3H3,(H,25,26,27).